The lowest BCUT2D eigenvalue weighted by molar-refractivity contribution is 0.413. The molecule has 0 fully saturated rings. The molecule has 1 aromatic rings. The van der Waals surface area contributed by atoms with E-state index in [9.17, 15) is 8.42 Å². The third-order valence-corrected chi connectivity index (χ3v) is 4.87. The summed E-state index contributed by atoms with van der Waals surface area (Å²) in [6.07, 6.45) is 1.77. The maximum atomic E-state index is 12.5. The van der Waals surface area contributed by atoms with Crippen LogP contribution in [0, 0.1) is 0 Å². The Kier molecular flexibility index (Phi) is 6.62. The van der Waals surface area contributed by atoms with E-state index in [1.165, 1.54) is 4.31 Å². The number of hydrogen-bond donors (Lipinski definition) is 0. The van der Waals surface area contributed by atoms with Gasteiger partial charge in [0, 0.05) is 19.0 Å². The van der Waals surface area contributed by atoms with Crippen molar-refractivity contribution < 1.29 is 13.2 Å². The highest BCUT2D eigenvalue weighted by Gasteiger charge is 2.23. The van der Waals surface area contributed by atoms with Crippen LogP contribution in [0.3, 0.4) is 0 Å². The summed E-state index contributed by atoms with van der Waals surface area (Å²) in [5, 5.41) is 0. The third-order valence-electron chi connectivity index (χ3n) is 2.79. The molecule has 0 atom stereocenters. The van der Waals surface area contributed by atoms with Gasteiger partial charge in [0.2, 0.25) is 10.0 Å². The molecule has 0 heterocycles. The van der Waals surface area contributed by atoms with Crippen molar-refractivity contribution in [3.05, 3.63) is 24.3 Å². The highest BCUT2D eigenvalue weighted by molar-refractivity contribution is 7.89. The molecule has 0 aromatic heterocycles. The van der Waals surface area contributed by atoms with E-state index >= 15 is 0 Å². The Labute approximate surface area is 120 Å². The van der Waals surface area contributed by atoms with Crippen molar-refractivity contribution >= 4 is 21.6 Å². The third kappa shape index (κ3) is 4.37. The summed E-state index contributed by atoms with van der Waals surface area (Å²) in [7, 11) is -1.92. The number of unbranched alkanes of at least 4 members (excludes halogenated alkanes) is 1. The molecule has 1 aromatic carbocycles. The molecule has 0 N–H and O–H groups in total. The normalized spacial score (nSPS) is 11.8. The first-order valence-electron chi connectivity index (χ1n) is 6.26. The molecule has 19 heavy (non-hydrogen) atoms. The highest BCUT2D eigenvalue weighted by Crippen LogP contribution is 2.19. The van der Waals surface area contributed by atoms with Crippen LogP contribution in [0.5, 0.6) is 5.75 Å². The van der Waals surface area contributed by atoms with E-state index in [-0.39, 0.29) is 4.90 Å². The molecule has 0 bridgehead atoms. The average molecular weight is 306 g/mol. The number of halogens is 1. The second-order valence-electron chi connectivity index (χ2n) is 4.12. The van der Waals surface area contributed by atoms with Crippen LogP contribution in [-0.2, 0) is 10.0 Å². The monoisotopic (exact) mass is 305 g/mol. The molecule has 0 saturated heterocycles. The highest BCUT2D eigenvalue weighted by atomic mass is 35.5. The zero-order valence-electron chi connectivity index (χ0n) is 11.3. The molecular formula is C13H20ClNO3S. The van der Waals surface area contributed by atoms with E-state index in [4.69, 9.17) is 16.3 Å². The predicted octanol–water partition coefficient (Wildman–Crippen LogP) is 2.72. The number of alkyl halides is 1. The maximum absolute atomic E-state index is 12.5. The Morgan fingerprint density at radius 2 is 1.84 bits per heavy atom. The molecule has 0 radical (unpaired) electrons. The lowest BCUT2D eigenvalue weighted by Gasteiger charge is -2.21. The summed E-state index contributed by atoms with van der Waals surface area (Å²) in [5.41, 5.74) is 0. The van der Waals surface area contributed by atoms with E-state index in [1.807, 2.05) is 6.92 Å². The van der Waals surface area contributed by atoms with Crippen LogP contribution in [-0.4, -0.2) is 38.8 Å². The number of sulfonamides is 1. The van der Waals surface area contributed by atoms with Crippen molar-refractivity contribution in [3.8, 4) is 5.75 Å². The number of hydrogen-bond acceptors (Lipinski definition) is 3. The number of methoxy groups -OCH3 is 1. The maximum Gasteiger partial charge on any atom is 0.243 e. The van der Waals surface area contributed by atoms with Gasteiger partial charge in [-0.2, -0.15) is 4.31 Å². The van der Waals surface area contributed by atoms with Crippen molar-refractivity contribution in [3.63, 3.8) is 0 Å². The lowest BCUT2D eigenvalue weighted by atomic mass is 10.3. The van der Waals surface area contributed by atoms with Crippen LogP contribution in [0.1, 0.15) is 19.8 Å². The molecule has 6 heteroatoms. The van der Waals surface area contributed by atoms with Crippen molar-refractivity contribution in [2.24, 2.45) is 0 Å². The van der Waals surface area contributed by atoms with E-state index in [1.54, 1.807) is 31.4 Å². The van der Waals surface area contributed by atoms with E-state index < -0.39 is 10.0 Å². The van der Waals surface area contributed by atoms with Gasteiger partial charge in [-0.1, -0.05) is 13.3 Å². The van der Waals surface area contributed by atoms with Crippen LogP contribution < -0.4 is 4.74 Å². The predicted molar refractivity (Wildman–Crippen MR) is 77.4 cm³/mol. The van der Waals surface area contributed by atoms with Crippen molar-refractivity contribution in [2.75, 3.05) is 26.1 Å². The van der Waals surface area contributed by atoms with Gasteiger partial charge >= 0.3 is 0 Å². The van der Waals surface area contributed by atoms with Gasteiger partial charge in [0.1, 0.15) is 5.75 Å². The second kappa shape index (κ2) is 7.72. The summed E-state index contributed by atoms with van der Waals surface area (Å²) in [6, 6.07) is 6.40. The smallest absolute Gasteiger partial charge is 0.243 e. The fourth-order valence-corrected chi connectivity index (χ4v) is 3.46. The SMILES string of the molecule is CCCCN(CCCl)S(=O)(=O)c1ccc(OC)cc1. The minimum Gasteiger partial charge on any atom is -0.497 e. The molecule has 108 valence electrons. The molecular weight excluding hydrogens is 286 g/mol. The van der Waals surface area contributed by atoms with Crippen molar-refractivity contribution in [1.82, 2.24) is 4.31 Å². The fraction of sp³-hybridized carbons (Fsp3) is 0.538. The van der Waals surface area contributed by atoms with Gasteiger partial charge in [-0.15, -0.1) is 11.6 Å². The molecule has 0 spiro atoms. The molecule has 0 saturated carbocycles. The number of benzene rings is 1. The van der Waals surface area contributed by atoms with Gasteiger partial charge in [-0.05, 0) is 30.7 Å². The van der Waals surface area contributed by atoms with Gasteiger partial charge < -0.3 is 4.74 Å². The first kappa shape index (κ1) is 16.3. The molecule has 4 nitrogen and oxygen atoms in total. The van der Waals surface area contributed by atoms with E-state index in [2.05, 4.69) is 0 Å². The molecule has 0 amide bonds. The number of ether oxygens (including phenoxy) is 1. The Bertz CT molecular complexity index is 473. The zero-order chi connectivity index (χ0) is 14.3. The summed E-state index contributed by atoms with van der Waals surface area (Å²) in [6.45, 7) is 2.85. The summed E-state index contributed by atoms with van der Waals surface area (Å²) in [4.78, 5) is 0.273. The Morgan fingerprint density at radius 1 is 1.21 bits per heavy atom. The minimum atomic E-state index is -3.47. The van der Waals surface area contributed by atoms with Gasteiger partial charge in [0.25, 0.3) is 0 Å². The lowest BCUT2D eigenvalue weighted by Crippen LogP contribution is -2.33. The average Bonchev–Trinajstić information content (AvgIpc) is 2.43. The van der Waals surface area contributed by atoms with Gasteiger partial charge in [0.15, 0.2) is 0 Å². The molecule has 1 rings (SSSR count). The van der Waals surface area contributed by atoms with E-state index in [0.717, 1.165) is 12.8 Å². The quantitative estimate of drug-likeness (QED) is 0.694. The van der Waals surface area contributed by atoms with Gasteiger partial charge in [-0.25, -0.2) is 8.42 Å². The first-order valence-corrected chi connectivity index (χ1v) is 8.24. The van der Waals surface area contributed by atoms with Crippen LogP contribution in [0.2, 0.25) is 0 Å². The van der Waals surface area contributed by atoms with Crippen LogP contribution in [0.15, 0.2) is 29.2 Å². The van der Waals surface area contributed by atoms with E-state index in [0.29, 0.717) is 24.7 Å². The summed E-state index contributed by atoms with van der Waals surface area (Å²) in [5.74, 6) is 0.926. The van der Waals surface area contributed by atoms with Crippen LogP contribution in [0.4, 0.5) is 0 Å². The largest absolute Gasteiger partial charge is 0.497 e. The fourth-order valence-electron chi connectivity index (χ4n) is 1.68. The number of rotatable bonds is 8. The standard InChI is InChI=1S/C13H20ClNO3S/c1-3-4-10-15(11-9-14)19(16,17)13-7-5-12(18-2)6-8-13/h5-8H,3-4,9-11H2,1-2H3. The molecule has 0 unspecified atom stereocenters. The molecule has 0 aliphatic heterocycles. The summed E-state index contributed by atoms with van der Waals surface area (Å²) >= 11 is 5.69. The minimum absolute atomic E-state index is 0.273. The van der Waals surface area contributed by atoms with Gasteiger partial charge in [-0.3, -0.25) is 0 Å². The van der Waals surface area contributed by atoms with Crippen molar-refractivity contribution in [1.29, 1.82) is 0 Å². The van der Waals surface area contributed by atoms with Crippen LogP contribution in [0.25, 0.3) is 0 Å². The first-order chi connectivity index (χ1) is 9.06. The van der Waals surface area contributed by atoms with Crippen molar-refractivity contribution in [2.45, 2.75) is 24.7 Å². The summed E-state index contributed by atoms with van der Waals surface area (Å²) < 4.78 is 31.4. The molecule has 0 aliphatic rings. The Hall–Kier alpha value is -0.780. The molecule has 0 aliphatic carbocycles. The van der Waals surface area contributed by atoms with Crippen LogP contribution >= 0.6 is 11.6 Å². The Morgan fingerprint density at radius 3 is 2.32 bits per heavy atom. The van der Waals surface area contributed by atoms with Gasteiger partial charge in [0.05, 0.1) is 12.0 Å². The number of nitrogens with zero attached hydrogens (tertiary/aromatic N) is 1. The second-order valence-corrected chi connectivity index (χ2v) is 6.44. The topological polar surface area (TPSA) is 46.6 Å². The Balaban J connectivity index is 2.96. The zero-order valence-corrected chi connectivity index (χ0v) is 12.9.